The molecule has 0 saturated carbocycles. The minimum Gasteiger partial charge on any atom is -0.480 e. The molecule has 17 heavy (non-hydrogen) atoms. The Morgan fingerprint density at radius 3 is 2.65 bits per heavy atom. The molecular weight excluding hydrogens is 224 g/mol. The lowest BCUT2D eigenvalue weighted by atomic mass is 9.97. The van der Waals surface area contributed by atoms with Gasteiger partial charge in [-0.25, -0.2) is 9.59 Å². The van der Waals surface area contributed by atoms with Gasteiger partial charge >= 0.3 is 12.0 Å². The van der Waals surface area contributed by atoms with Gasteiger partial charge in [0.15, 0.2) is 0 Å². The third-order valence-corrected chi connectivity index (χ3v) is 2.69. The zero-order valence-corrected chi connectivity index (χ0v) is 10.4. The van der Waals surface area contributed by atoms with Gasteiger partial charge in [0.05, 0.1) is 13.1 Å². The predicted molar refractivity (Wildman–Crippen MR) is 61.9 cm³/mol. The quantitative estimate of drug-likeness (QED) is 0.673. The molecule has 0 spiro atoms. The second-order valence-electron chi connectivity index (χ2n) is 4.57. The van der Waals surface area contributed by atoms with E-state index in [4.69, 9.17) is 9.84 Å². The van der Waals surface area contributed by atoms with Crippen molar-refractivity contribution in [2.75, 3.05) is 26.2 Å². The number of unbranched alkanes of at least 4 members (excludes halogenated alkanes) is 1. The van der Waals surface area contributed by atoms with E-state index in [9.17, 15) is 9.59 Å². The minimum atomic E-state index is -0.989. The first kappa shape index (κ1) is 13.8. The van der Waals surface area contributed by atoms with Gasteiger partial charge in [-0.3, -0.25) is 0 Å². The molecule has 1 aliphatic rings. The standard InChI is InChI=1S/C11H20N2O4/c1-3-4-5-12-10(16)13-7-11(2,8-13)17-6-9(14)15/h3-8H2,1-2H3,(H,12,16)(H,14,15). The number of carbonyl (C=O) groups excluding carboxylic acids is 1. The number of nitrogens with one attached hydrogen (secondary N) is 1. The molecule has 1 fully saturated rings. The summed E-state index contributed by atoms with van der Waals surface area (Å²) in [5.41, 5.74) is -0.513. The maximum atomic E-state index is 11.6. The number of aliphatic carboxylic acids is 1. The Balaban J connectivity index is 2.20. The summed E-state index contributed by atoms with van der Waals surface area (Å²) in [5, 5.41) is 11.3. The number of carboxylic acid groups (broad SMARTS) is 1. The van der Waals surface area contributed by atoms with Gasteiger partial charge in [0, 0.05) is 6.54 Å². The fourth-order valence-electron chi connectivity index (χ4n) is 1.72. The summed E-state index contributed by atoms with van der Waals surface area (Å²) in [5.74, 6) is -0.989. The molecule has 98 valence electrons. The first-order chi connectivity index (χ1) is 7.97. The van der Waals surface area contributed by atoms with E-state index in [1.807, 2.05) is 6.92 Å². The van der Waals surface area contributed by atoms with Gasteiger partial charge in [0.25, 0.3) is 0 Å². The lowest BCUT2D eigenvalue weighted by Gasteiger charge is -2.46. The van der Waals surface area contributed by atoms with E-state index in [1.165, 1.54) is 0 Å². The number of carboxylic acids is 1. The largest absolute Gasteiger partial charge is 0.480 e. The molecule has 1 rings (SSSR count). The Labute approximate surface area is 101 Å². The Kier molecular flexibility index (Phi) is 4.74. The Morgan fingerprint density at radius 2 is 2.12 bits per heavy atom. The first-order valence-electron chi connectivity index (χ1n) is 5.85. The van der Waals surface area contributed by atoms with Crippen LogP contribution in [0.15, 0.2) is 0 Å². The molecule has 1 aliphatic heterocycles. The van der Waals surface area contributed by atoms with Crippen LogP contribution in [-0.2, 0) is 9.53 Å². The maximum absolute atomic E-state index is 11.6. The molecule has 0 radical (unpaired) electrons. The average Bonchev–Trinajstić information content (AvgIpc) is 2.22. The van der Waals surface area contributed by atoms with Crippen LogP contribution in [0.2, 0.25) is 0 Å². The highest BCUT2D eigenvalue weighted by Crippen LogP contribution is 2.24. The topological polar surface area (TPSA) is 78.9 Å². The fourth-order valence-corrected chi connectivity index (χ4v) is 1.72. The molecule has 6 nitrogen and oxygen atoms in total. The lowest BCUT2D eigenvalue weighted by molar-refractivity contribution is -0.159. The monoisotopic (exact) mass is 244 g/mol. The molecule has 0 aromatic carbocycles. The third kappa shape index (κ3) is 4.22. The fraction of sp³-hybridized carbons (Fsp3) is 0.818. The summed E-state index contributed by atoms with van der Waals surface area (Å²) in [7, 11) is 0. The molecular formula is C11H20N2O4. The van der Waals surface area contributed by atoms with Crippen LogP contribution in [0.1, 0.15) is 26.7 Å². The van der Waals surface area contributed by atoms with Crippen LogP contribution in [0.4, 0.5) is 4.79 Å². The number of likely N-dealkylation sites (tertiary alicyclic amines) is 1. The summed E-state index contributed by atoms with van der Waals surface area (Å²) in [6.07, 6.45) is 2.01. The van der Waals surface area contributed by atoms with Gasteiger partial charge in [0.2, 0.25) is 0 Å². The highest BCUT2D eigenvalue weighted by molar-refractivity contribution is 5.75. The Morgan fingerprint density at radius 1 is 1.47 bits per heavy atom. The maximum Gasteiger partial charge on any atom is 0.329 e. The molecule has 1 saturated heterocycles. The zero-order chi connectivity index (χ0) is 12.9. The summed E-state index contributed by atoms with van der Waals surface area (Å²) >= 11 is 0. The van der Waals surface area contributed by atoms with Crippen LogP contribution in [0.25, 0.3) is 0 Å². The van der Waals surface area contributed by atoms with E-state index in [1.54, 1.807) is 4.90 Å². The normalized spacial score (nSPS) is 17.4. The van der Waals surface area contributed by atoms with Crippen molar-refractivity contribution in [2.24, 2.45) is 0 Å². The van der Waals surface area contributed by atoms with E-state index < -0.39 is 11.6 Å². The number of amides is 2. The number of nitrogens with zero attached hydrogens (tertiary/aromatic N) is 1. The Hall–Kier alpha value is -1.30. The molecule has 0 aromatic heterocycles. The van der Waals surface area contributed by atoms with Gasteiger partial charge in [-0.1, -0.05) is 13.3 Å². The number of hydrogen-bond acceptors (Lipinski definition) is 3. The molecule has 6 heteroatoms. The van der Waals surface area contributed by atoms with Crippen LogP contribution < -0.4 is 5.32 Å². The SMILES string of the molecule is CCCCNC(=O)N1CC(C)(OCC(=O)O)C1. The van der Waals surface area contributed by atoms with Crippen molar-refractivity contribution >= 4 is 12.0 Å². The number of urea groups is 1. The molecule has 0 bridgehead atoms. The average molecular weight is 244 g/mol. The molecule has 1 heterocycles. The van der Waals surface area contributed by atoms with Gasteiger partial charge in [-0.2, -0.15) is 0 Å². The second kappa shape index (κ2) is 5.86. The summed E-state index contributed by atoms with van der Waals surface area (Å²) in [4.78, 5) is 23.5. The first-order valence-corrected chi connectivity index (χ1v) is 5.85. The number of carbonyl (C=O) groups is 2. The van der Waals surface area contributed by atoms with E-state index in [-0.39, 0.29) is 12.6 Å². The van der Waals surface area contributed by atoms with Crippen LogP contribution in [0.3, 0.4) is 0 Å². The molecule has 2 N–H and O–H groups in total. The van der Waals surface area contributed by atoms with E-state index in [0.29, 0.717) is 19.6 Å². The van der Waals surface area contributed by atoms with Gasteiger partial charge in [-0.05, 0) is 13.3 Å². The highest BCUT2D eigenvalue weighted by atomic mass is 16.5. The number of hydrogen-bond donors (Lipinski definition) is 2. The van der Waals surface area contributed by atoms with Gasteiger partial charge in [0.1, 0.15) is 12.2 Å². The number of ether oxygens (including phenoxy) is 1. The van der Waals surface area contributed by atoms with Crippen molar-refractivity contribution < 1.29 is 19.4 Å². The van der Waals surface area contributed by atoms with Gasteiger partial charge < -0.3 is 20.1 Å². The van der Waals surface area contributed by atoms with Gasteiger partial charge in [-0.15, -0.1) is 0 Å². The van der Waals surface area contributed by atoms with E-state index in [0.717, 1.165) is 12.8 Å². The minimum absolute atomic E-state index is 0.102. The van der Waals surface area contributed by atoms with Crippen LogP contribution >= 0.6 is 0 Å². The van der Waals surface area contributed by atoms with Crippen LogP contribution in [-0.4, -0.2) is 53.8 Å². The molecule has 0 atom stereocenters. The van der Waals surface area contributed by atoms with Crippen molar-refractivity contribution in [2.45, 2.75) is 32.3 Å². The van der Waals surface area contributed by atoms with Crippen molar-refractivity contribution in [3.05, 3.63) is 0 Å². The van der Waals surface area contributed by atoms with Crippen molar-refractivity contribution in [1.82, 2.24) is 10.2 Å². The van der Waals surface area contributed by atoms with Crippen LogP contribution in [0.5, 0.6) is 0 Å². The third-order valence-electron chi connectivity index (χ3n) is 2.69. The highest BCUT2D eigenvalue weighted by Gasteiger charge is 2.42. The summed E-state index contributed by atoms with van der Waals surface area (Å²) in [6.45, 7) is 5.12. The molecule has 0 unspecified atom stereocenters. The van der Waals surface area contributed by atoms with E-state index >= 15 is 0 Å². The Bertz CT molecular complexity index is 287. The smallest absolute Gasteiger partial charge is 0.329 e. The lowest BCUT2D eigenvalue weighted by Crippen LogP contribution is -2.65. The molecule has 2 amide bonds. The second-order valence-corrected chi connectivity index (χ2v) is 4.57. The molecule has 0 aromatic rings. The number of rotatable bonds is 6. The zero-order valence-electron chi connectivity index (χ0n) is 10.4. The predicted octanol–water partition coefficient (Wildman–Crippen LogP) is 0.672. The molecule has 0 aliphatic carbocycles. The van der Waals surface area contributed by atoms with Crippen LogP contribution in [0, 0.1) is 0 Å². The van der Waals surface area contributed by atoms with Crippen molar-refractivity contribution in [1.29, 1.82) is 0 Å². The van der Waals surface area contributed by atoms with Crippen molar-refractivity contribution in [3.63, 3.8) is 0 Å². The van der Waals surface area contributed by atoms with E-state index in [2.05, 4.69) is 12.2 Å². The summed E-state index contributed by atoms with van der Waals surface area (Å²) < 4.78 is 5.21. The van der Waals surface area contributed by atoms with Crippen molar-refractivity contribution in [3.8, 4) is 0 Å². The summed E-state index contributed by atoms with van der Waals surface area (Å²) in [6, 6.07) is -0.102.